The van der Waals surface area contributed by atoms with Crippen LogP contribution in [0.25, 0.3) is 0 Å². The quantitative estimate of drug-likeness (QED) is 0.806. The summed E-state index contributed by atoms with van der Waals surface area (Å²) in [5, 5.41) is 0.728. The van der Waals surface area contributed by atoms with Crippen LogP contribution >= 0.6 is 0 Å². The predicted molar refractivity (Wildman–Crippen MR) is 70.9 cm³/mol. The van der Waals surface area contributed by atoms with Crippen LogP contribution in [0.3, 0.4) is 0 Å². The first-order valence-electron chi connectivity index (χ1n) is 6.73. The van der Waals surface area contributed by atoms with Gasteiger partial charge < -0.3 is 4.90 Å². The molecule has 1 aromatic heterocycles. The molecule has 21 heavy (non-hydrogen) atoms. The molecule has 2 heterocycles. The van der Waals surface area contributed by atoms with E-state index < -0.39 is 23.9 Å². The summed E-state index contributed by atoms with van der Waals surface area (Å²) in [5.74, 6) is -0.109. The zero-order valence-corrected chi connectivity index (χ0v) is 11.7. The number of imide groups is 1. The second-order valence-corrected chi connectivity index (χ2v) is 5.26. The maximum atomic E-state index is 12.1. The first kappa shape index (κ1) is 13.5. The smallest absolute Gasteiger partial charge is 0.314 e. The Balaban J connectivity index is 1.76. The first-order valence-corrected chi connectivity index (χ1v) is 6.73. The van der Waals surface area contributed by atoms with Crippen LogP contribution < -0.4 is 5.43 Å². The summed E-state index contributed by atoms with van der Waals surface area (Å²) in [7, 11) is 1.51. The van der Waals surface area contributed by atoms with Crippen LogP contribution in [0.1, 0.15) is 42.0 Å². The van der Waals surface area contributed by atoms with E-state index in [9.17, 15) is 14.4 Å². The number of aromatic nitrogens is 2. The zero-order chi connectivity index (χ0) is 15.1. The van der Waals surface area contributed by atoms with Crippen LogP contribution in [0.15, 0.2) is 12.3 Å². The van der Waals surface area contributed by atoms with E-state index in [1.165, 1.54) is 24.2 Å². The highest BCUT2D eigenvalue weighted by Crippen LogP contribution is 2.37. The summed E-state index contributed by atoms with van der Waals surface area (Å²) < 4.78 is 0. The van der Waals surface area contributed by atoms with E-state index in [1.807, 2.05) is 0 Å². The van der Waals surface area contributed by atoms with Crippen LogP contribution in [0.5, 0.6) is 0 Å². The Hall–Kier alpha value is -2.51. The van der Waals surface area contributed by atoms with Gasteiger partial charge in [0.2, 0.25) is 0 Å². The summed E-state index contributed by atoms with van der Waals surface area (Å²) in [6.07, 6.45) is 3.56. The molecule has 0 radical (unpaired) electrons. The summed E-state index contributed by atoms with van der Waals surface area (Å²) >= 11 is 0. The lowest BCUT2D eigenvalue weighted by Crippen LogP contribution is -2.47. The van der Waals surface area contributed by atoms with Gasteiger partial charge in [-0.05, 0) is 25.8 Å². The maximum Gasteiger partial charge on any atom is 0.346 e. The van der Waals surface area contributed by atoms with Gasteiger partial charge in [-0.3, -0.25) is 15.0 Å². The number of hydrogen-bond acceptors (Lipinski definition) is 5. The normalized spacial score (nSPS) is 21.9. The number of nitrogens with zero attached hydrogens (tertiary/aromatic N) is 4. The number of urea groups is 1. The number of likely N-dealkylation sites (N-methyl/N-ethyl adjacent to an activating group) is 1. The standard InChI is InChI=1S/C13H15N5O3/c1-7-12(20)18(13(21)17(7)2)16-11(19)9-5-6-14-10(15-9)8-3-4-8/h5-8H,3-4H2,1-2H3,(H,16,19). The molecule has 1 aliphatic carbocycles. The Bertz CT molecular complexity index is 608. The maximum absolute atomic E-state index is 12.1. The van der Waals surface area contributed by atoms with Gasteiger partial charge in [0.25, 0.3) is 11.8 Å². The molecule has 4 amide bonds. The van der Waals surface area contributed by atoms with Crippen LogP contribution in [-0.4, -0.2) is 50.8 Å². The van der Waals surface area contributed by atoms with E-state index in [4.69, 9.17) is 0 Å². The van der Waals surface area contributed by atoms with E-state index in [0.717, 1.165) is 17.9 Å². The fourth-order valence-electron chi connectivity index (χ4n) is 2.07. The van der Waals surface area contributed by atoms with Crippen molar-refractivity contribution in [3.8, 4) is 0 Å². The SMILES string of the molecule is CC1C(=O)N(NC(=O)c2ccnc(C3CC3)n2)C(=O)N1C. The number of carbonyl (C=O) groups excluding carboxylic acids is 3. The van der Waals surface area contributed by atoms with Crippen LogP contribution in [0, 0.1) is 0 Å². The highest BCUT2D eigenvalue weighted by molar-refractivity contribution is 6.06. The fraction of sp³-hybridized carbons (Fsp3) is 0.462. The largest absolute Gasteiger partial charge is 0.346 e. The molecular weight excluding hydrogens is 274 g/mol. The molecule has 0 bridgehead atoms. The first-order chi connectivity index (χ1) is 9.99. The Morgan fingerprint density at radius 2 is 2.10 bits per heavy atom. The molecular formula is C13H15N5O3. The van der Waals surface area contributed by atoms with Gasteiger partial charge in [0, 0.05) is 19.2 Å². The molecule has 1 saturated heterocycles. The van der Waals surface area contributed by atoms with Gasteiger partial charge in [-0.2, -0.15) is 5.01 Å². The van der Waals surface area contributed by atoms with Gasteiger partial charge in [-0.15, -0.1) is 0 Å². The molecule has 3 rings (SSSR count). The Morgan fingerprint density at radius 1 is 1.38 bits per heavy atom. The van der Waals surface area contributed by atoms with Crippen molar-refractivity contribution in [1.82, 2.24) is 25.3 Å². The van der Waals surface area contributed by atoms with Crippen molar-refractivity contribution in [2.75, 3.05) is 7.05 Å². The molecule has 0 aromatic carbocycles. The minimum atomic E-state index is -0.594. The molecule has 1 N–H and O–H groups in total. The van der Waals surface area contributed by atoms with Crippen molar-refractivity contribution < 1.29 is 14.4 Å². The van der Waals surface area contributed by atoms with Crippen molar-refractivity contribution >= 4 is 17.8 Å². The van der Waals surface area contributed by atoms with Crippen LogP contribution in [0.4, 0.5) is 4.79 Å². The van der Waals surface area contributed by atoms with Gasteiger partial charge in [-0.1, -0.05) is 0 Å². The van der Waals surface area contributed by atoms with E-state index in [1.54, 1.807) is 6.92 Å². The van der Waals surface area contributed by atoms with Gasteiger partial charge >= 0.3 is 6.03 Å². The minimum Gasteiger partial charge on any atom is -0.314 e. The highest BCUT2D eigenvalue weighted by atomic mass is 16.2. The lowest BCUT2D eigenvalue weighted by molar-refractivity contribution is -0.129. The second kappa shape index (κ2) is 4.80. The number of carbonyl (C=O) groups is 3. The van der Waals surface area contributed by atoms with E-state index in [0.29, 0.717) is 11.7 Å². The molecule has 1 aliphatic heterocycles. The summed E-state index contributed by atoms with van der Waals surface area (Å²) in [6.45, 7) is 1.60. The van der Waals surface area contributed by atoms with Crippen molar-refractivity contribution in [3.05, 3.63) is 23.8 Å². The van der Waals surface area contributed by atoms with Crippen molar-refractivity contribution in [2.24, 2.45) is 0 Å². The average molecular weight is 289 g/mol. The van der Waals surface area contributed by atoms with Crippen LogP contribution in [-0.2, 0) is 4.79 Å². The number of nitrogens with one attached hydrogen (secondary N) is 1. The lowest BCUT2D eigenvalue weighted by Gasteiger charge is -2.14. The fourth-order valence-corrected chi connectivity index (χ4v) is 2.07. The van der Waals surface area contributed by atoms with E-state index in [-0.39, 0.29) is 5.69 Å². The Kier molecular flexibility index (Phi) is 3.08. The Morgan fingerprint density at radius 3 is 2.67 bits per heavy atom. The van der Waals surface area contributed by atoms with Gasteiger partial charge in [0.1, 0.15) is 17.6 Å². The Labute approximate surface area is 121 Å². The second-order valence-electron chi connectivity index (χ2n) is 5.26. The molecule has 8 heteroatoms. The van der Waals surface area contributed by atoms with Gasteiger partial charge in [-0.25, -0.2) is 14.8 Å². The monoisotopic (exact) mass is 289 g/mol. The van der Waals surface area contributed by atoms with Crippen molar-refractivity contribution in [2.45, 2.75) is 31.7 Å². The minimum absolute atomic E-state index is 0.148. The third-order valence-electron chi connectivity index (χ3n) is 3.71. The lowest BCUT2D eigenvalue weighted by atomic mass is 10.3. The summed E-state index contributed by atoms with van der Waals surface area (Å²) in [4.78, 5) is 45.5. The van der Waals surface area contributed by atoms with E-state index >= 15 is 0 Å². The van der Waals surface area contributed by atoms with E-state index in [2.05, 4.69) is 15.4 Å². The summed E-state index contributed by atoms with van der Waals surface area (Å²) in [6, 6.07) is 0.307. The molecule has 2 fully saturated rings. The molecule has 1 aromatic rings. The number of rotatable bonds is 3. The highest BCUT2D eigenvalue weighted by Gasteiger charge is 2.41. The topological polar surface area (TPSA) is 95.5 Å². The summed E-state index contributed by atoms with van der Waals surface area (Å²) in [5.41, 5.74) is 2.45. The number of amides is 4. The molecule has 1 saturated carbocycles. The molecule has 1 atom stereocenters. The third kappa shape index (κ3) is 2.32. The molecule has 110 valence electrons. The zero-order valence-electron chi connectivity index (χ0n) is 11.7. The van der Waals surface area contributed by atoms with Gasteiger partial charge in [0.05, 0.1) is 0 Å². The molecule has 8 nitrogen and oxygen atoms in total. The number of hydrogen-bond donors (Lipinski definition) is 1. The predicted octanol–water partition coefficient (Wildman–Crippen LogP) is 0.281. The van der Waals surface area contributed by atoms with Crippen molar-refractivity contribution in [1.29, 1.82) is 0 Å². The van der Waals surface area contributed by atoms with Gasteiger partial charge in [0.15, 0.2) is 0 Å². The van der Waals surface area contributed by atoms with Crippen molar-refractivity contribution in [3.63, 3.8) is 0 Å². The van der Waals surface area contributed by atoms with Crippen LogP contribution in [0.2, 0.25) is 0 Å². The molecule has 0 spiro atoms. The number of hydrazine groups is 1. The average Bonchev–Trinajstić information content (AvgIpc) is 3.31. The molecule has 2 aliphatic rings. The third-order valence-corrected chi connectivity index (χ3v) is 3.71. The molecule has 1 unspecified atom stereocenters.